The monoisotopic (exact) mass is 180 g/mol. The van der Waals surface area contributed by atoms with Crippen molar-refractivity contribution in [2.24, 2.45) is 0 Å². The lowest BCUT2D eigenvalue weighted by molar-refractivity contribution is -0.114. The quantitative estimate of drug-likeness (QED) is 0.721. The van der Waals surface area contributed by atoms with Crippen LogP contribution >= 0.6 is 0 Å². The van der Waals surface area contributed by atoms with E-state index in [4.69, 9.17) is 0 Å². The Morgan fingerprint density at radius 2 is 2.08 bits per heavy atom. The Labute approximate surface area is 79.2 Å². The zero-order chi connectivity index (χ0) is 10.3. The molecule has 0 saturated heterocycles. The summed E-state index contributed by atoms with van der Waals surface area (Å²) in [5.41, 5.74) is 1.61. The molecule has 0 spiro atoms. The molecule has 1 heterocycles. The maximum atomic E-state index is 10.6. The average molecular weight is 180 g/mol. The minimum Gasteiger partial charge on any atom is -0.325 e. The van der Waals surface area contributed by atoms with Crippen molar-refractivity contribution in [3.05, 3.63) is 24.0 Å². The number of aryl methyl sites for hydroxylation is 1. The van der Waals surface area contributed by atoms with Gasteiger partial charge in [-0.25, -0.2) is 0 Å². The van der Waals surface area contributed by atoms with Gasteiger partial charge in [0.1, 0.15) is 0 Å². The highest BCUT2D eigenvalue weighted by Crippen LogP contribution is 2.09. The van der Waals surface area contributed by atoms with Crippen molar-refractivity contribution in [2.75, 3.05) is 5.32 Å². The van der Waals surface area contributed by atoms with Crippen molar-refractivity contribution >= 4 is 11.6 Å². The summed E-state index contributed by atoms with van der Waals surface area (Å²) in [5.74, 6) is -0.0684. The molecular formula is C10H16N2O. The van der Waals surface area contributed by atoms with Crippen LogP contribution in [0.5, 0.6) is 0 Å². The van der Waals surface area contributed by atoms with Crippen LogP contribution in [0.3, 0.4) is 0 Å². The van der Waals surface area contributed by atoms with E-state index < -0.39 is 0 Å². The normalized spacial score (nSPS) is 8.31. The number of nitrogens with zero attached hydrogens (tertiary/aromatic N) is 1. The van der Waals surface area contributed by atoms with Gasteiger partial charge in [-0.05, 0) is 19.1 Å². The van der Waals surface area contributed by atoms with Gasteiger partial charge in [0.25, 0.3) is 0 Å². The van der Waals surface area contributed by atoms with Gasteiger partial charge in [0.05, 0.1) is 11.4 Å². The largest absolute Gasteiger partial charge is 0.325 e. The third-order valence-corrected chi connectivity index (χ3v) is 1.32. The number of rotatable bonds is 1. The van der Waals surface area contributed by atoms with Crippen LogP contribution in [0, 0.1) is 6.92 Å². The van der Waals surface area contributed by atoms with E-state index in [0.717, 1.165) is 11.4 Å². The van der Waals surface area contributed by atoms with Crippen LogP contribution in [0.25, 0.3) is 0 Å². The topological polar surface area (TPSA) is 42.0 Å². The van der Waals surface area contributed by atoms with E-state index in [-0.39, 0.29) is 5.91 Å². The van der Waals surface area contributed by atoms with Crippen LogP contribution < -0.4 is 5.32 Å². The lowest BCUT2D eigenvalue weighted by Crippen LogP contribution is -2.07. The molecule has 0 bridgehead atoms. The highest BCUT2D eigenvalue weighted by atomic mass is 16.1. The van der Waals surface area contributed by atoms with E-state index >= 15 is 0 Å². The Morgan fingerprint density at radius 1 is 1.46 bits per heavy atom. The summed E-state index contributed by atoms with van der Waals surface area (Å²) in [7, 11) is 0. The molecule has 0 aliphatic rings. The van der Waals surface area contributed by atoms with Gasteiger partial charge in [0, 0.05) is 13.1 Å². The van der Waals surface area contributed by atoms with Crippen molar-refractivity contribution in [1.82, 2.24) is 4.98 Å². The van der Waals surface area contributed by atoms with E-state index in [1.54, 1.807) is 12.3 Å². The summed E-state index contributed by atoms with van der Waals surface area (Å²) in [5, 5.41) is 2.67. The number of hydrogen-bond acceptors (Lipinski definition) is 2. The summed E-state index contributed by atoms with van der Waals surface area (Å²) in [6.07, 6.45) is 1.70. The van der Waals surface area contributed by atoms with Crippen molar-refractivity contribution in [2.45, 2.75) is 27.7 Å². The summed E-state index contributed by atoms with van der Waals surface area (Å²) < 4.78 is 0. The molecule has 0 unspecified atom stereocenters. The minimum atomic E-state index is -0.0684. The first-order chi connectivity index (χ1) is 6.20. The number of pyridine rings is 1. The highest BCUT2D eigenvalue weighted by molar-refractivity contribution is 5.89. The average Bonchev–Trinajstić information content (AvgIpc) is 2.12. The van der Waals surface area contributed by atoms with Crippen LogP contribution in [0.4, 0.5) is 5.69 Å². The molecule has 72 valence electrons. The molecule has 0 aliphatic heterocycles. The van der Waals surface area contributed by atoms with Gasteiger partial charge in [-0.2, -0.15) is 0 Å². The summed E-state index contributed by atoms with van der Waals surface area (Å²) >= 11 is 0. The van der Waals surface area contributed by atoms with Crippen LogP contribution in [0.15, 0.2) is 18.3 Å². The molecule has 0 radical (unpaired) electrons. The van der Waals surface area contributed by atoms with Crippen molar-refractivity contribution in [1.29, 1.82) is 0 Å². The fourth-order valence-electron chi connectivity index (χ4n) is 0.806. The molecule has 0 saturated carbocycles. The Balaban J connectivity index is 0.000000671. The zero-order valence-corrected chi connectivity index (χ0v) is 8.59. The summed E-state index contributed by atoms with van der Waals surface area (Å²) in [6.45, 7) is 7.33. The van der Waals surface area contributed by atoms with Crippen molar-refractivity contribution < 1.29 is 4.79 Å². The van der Waals surface area contributed by atoms with E-state index in [1.165, 1.54) is 6.92 Å². The molecule has 0 aliphatic carbocycles. The minimum absolute atomic E-state index is 0.0684. The second-order valence-electron chi connectivity index (χ2n) is 2.32. The highest BCUT2D eigenvalue weighted by Gasteiger charge is 1.97. The van der Waals surface area contributed by atoms with E-state index in [9.17, 15) is 4.79 Å². The Kier molecular flexibility index (Phi) is 5.52. The number of nitrogens with one attached hydrogen (secondary N) is 1. The smallest absolute Gasteiger partial charge is 0.221 e. The second kappa shape index (κ2) is 6.17. The molecule has 1 aromatic rings. The molecular weight excluding hydrogens is 164 g/mol. The molecule has 13 heavy (non-hydrogen) atoms. The van der Waals surface area contributed by atoms with Gasteiger partial charge < -0.3 is 5.32 Å². The van der Waals surface area contributed by atoms with Gasteiger partial charge in [0.2, 0.25) is 5.91 Å². The molecule has 0 fully saturated rings. The Bertz CT molecular complexity index is 271. The van der Waals surface area contributed by atoms with E-state index in [1.807, 2.05) is 26.8 Å². The first-order valence-corrected chi connectivity index (χ1v) is 4.39. The van der Waals surface area contributed by atoms with Gasteiger partial charge >= 0.3 is 0 Å². The first kappa shape index (κ1) is 11.6. The summed E-state index contributed by atoms with van der Waals surface area (Å²) in [4.78, 5) is 14.6. The predicted molar refractivity (Wildman–Crippen MR) is 54.6 cm³/mol. The summed E-state index contributed by atoms with van der Waals surface area (Å²) in [6, 6.07) is 3.61. The standard InChI is InChI=1S/C8H10N2O.C2H6/c1-6-8(10-7(2)11)4-3-5-9-6;1-2/h3-5H,1-2H3,(H,10,11);1-2H3. The number of hydrogen-bond donors (Lipinski definition) is 1. The number of carbonyl (C=O) groups excluding carboxylic acids is 1. The van der Waals surface area contributed by atoms with Gasteiger partial charge in [-0.3, -0.25) is 9.78 Å². The number of anilines is 1. The maximum absolute atomic E-state index is 10.6. The number of carbonyl (C=O) groups is 1. The second-order valence-corrected chi connectivity index (χ2v) is 2.32. The Hall–Kier alpha value is -1.38. The lowest BCUT2D eigenvalue weighted by atomic mass is 10.3. The van der Waals surface area contributed by atoms with Crippen molar-refractivity contribution in [3.8, 4) is 0 Å². The third kappa shape index (κ3) is 4.25. The molecule has 3 nitrogen and oxygen atoms in total. The van der Waals surface area contributed by atoms with Crippen LogP contribution in [-0.2, 0) is 4.79 Å². The molecule has 0 atom stereocenters. The van der Waals surface area contributed by atoms with Crippen LogP contribution in [-0.4, -0.2) is 10.9 Å². The SMILES string of the molecule is CC.CC(=O)Nc1cccnc1C. The van der Waals surface area contributed by atoms with Crippen molar-refractivity contribution in [3.63, 3.8) is 0 Å². The van der Waals surface area contributed by atoms with Gasteiger partial charge in [0.15, 0.2) is 0 Å². The van der Waals surface area contributed by atoms with Gasteiger partial charge in [-0.1, -0.05) is 13.8 Å². The molecule has 3 heteroatoms. The molecule has 1 aromatic heterocycles. The zero-order valence-electron chi connectivity index (χ0n) is 8.59. The number of aromatic nitrogens is 1. The lowest BCUT2D eigenvalue weighted by Gasteiger charge is -2.02. The van der Waals surface area contributed by atoms with E-state index in [0.29, 0.717) is 0 Å². The number of amides is 1. The fourth-order valence-corrected chi connectivity index (χ4v) is 0.806. The van der Waals surface area contributed by atoms with E-state index in [2.05, 4.69) is 10.3 Å². The molecule has 1 amide bonds. The molecule has 1 N–H and O–H groups in total. The maximum Gasteiger partial charge on any atom is 0.221 e. The van der Waals surface area contributed by atoms with Gasteiger partial charge in [-0.15, -0.1) is 0 Å². The van der Waals surface area contributed by atoms with Crippen LogP contribution in [0.1, 0.15) is 26.5 Å². The molecule has 0 aromatic carbocycles. The third-order valence-electron chi connectivity index (χ3n) is 1.32. The first-order valence-electron chi connectivity index (χ1n) is 4.39. The Morgan fingerprint density at radius 3 is 2.54 bits per heavy atom. The van der Waals surface area contributed by atoms with Crippen LogP contribution in [0.2, 0.25) is 0 Å². The molecule has 1 rings (SSSR count). The fraction of sp³-hybridized carbons (Fsp3) is 0.400. The predicted octanol–water partition coefficient (Wildman–Crippen LogP) is 2.37.